The van der Waals surface area contributed by atoms with Gasteiger partial charge < -0.3 is 10.1 Å². The van der Waals surface area contributed by atoms with Crippen LogP contribution in [0.15, 0.2) is 47.5 Å². The highest BCUT2D eigenvalue weighted by Gasteiger charge is 2.58. The minimum absolute atomic E-state index is 0.0495. The average molecular weight is 421 g/mol. The van der Waals surface area contributed by atoms with Crippen LogP contribution in [0, 0.1) is 17.3 Å². The van der Waals surface area contributed by atoms with Gasteiger partial charge in [-0.1, -0.05) is 13.0 Å². The van der Waals surface area contributed by atoms with Crippen molar-refractivity contribution in [2.75, 3.05) is 6.54 Å². The summed E-state index contributed by atoms with van der Waals surface area (Å²) in [6, 6.07) is 3.90. The summed E-state index contributed by atoms with van der Waals surface area (Å²) >= 11 is 0. The third-order valence-corrected chi connectivity index (χ3v) is 7.74. The Labute approximate surface area is 182 Å². The van der Waals surface area contributed by atoms with Gasteiger partial charge in [0, 0.05) is 57.0 Å². The van der Waals surface area contributed by atoms with E-state index < -0.39 is 0 Å². The molecule has 0 spiro atoms. The number of pyridine rings is 1. The molecule has 1 aliphatic heterocycles. The highest BCUT2D eigenvalue weighted by molar-refractivity contribution is 6.00. The smallest absolute Gasteiger partial charge is 0.216 e. The molecule has 31 heavy (non-hydrogen) atoms. The number of allylic oxidation sites excluding steroid dienone is 3. The number of fused-ring (bicyclic) bond motifs is 3. The lowest BCUT2D eigenvalue weighted by Gasteiger charge is -2.47. The van der Waals surface area contributed by atoms with Crippen LogP contribution in [-0.2, 0) is 19.1 Å². The van der Waals surface area contributed by atoms with Gasteiger partial charge in [0.1, 0.15) is 17.6 Å². The molecule has 3 aliphatic carbocycles. The molecule has 2 heterocycles. The number of aromatic nitrogens is 1. The molecule has 6 nitrogen and oxygen atoms in total. The molecule has 2 fully saturated rings. The van der Waals surface area contributed by atoms with Crippen molar-refractivity contribution >= 4 is 17.5 Å². The second-order valence-corrected chi connectivity index (χ2v) is 9.73. The van der Waals surface area contributed by atoms with Gasteiger partial charge in [-0.25, -0.2) is 0 Å². The fraction of sp³-hybridized carbons (Fsp3) is 0.520. The maximum atomic E-state index is 13.1. The van der Waals surface area contributed by atoms with Gasteiger partial charge in [-0.05, 0) is 47.5 Å². The summed E-state index contributed by atoms with van der Waals surface area (Å²) in [5.41, 5.74) is 2.65. The van der Waals surface area contributed by atoms with Crippen LogP contribution in [0.4, 0.5) is 0 Å². The molecule has 162 valence electrons. The van der Waals surface area contributed by atoms with E-state index in [1.54, 1.807) is 6.20 Å². The normalized spacial score (nSPS) is 34.3. The number of hydrogen-bond donors (Lipinski definition) is 1. The molecule has 5 rings (SSSR count). The molecule has 5 atom stereocenters. The molecule has 4 aliphatic rings. The Kier molecular flexibility index (Phi) is 4.83. The monoisotopic (exact) mass is 420 g/mol. The van der Waals surface area contributed by atoms with Gasteiger partial charge in [0.05, 0.1) is 5.57 Å². The lowest BCUT2D eigenvalue weighted by Crippen LogP contribution is -2.44. The summed E-state index contributed by atoms with van der Waals surface area (Å²) in [5.74, 6) is 0.973. The van der Waals surface area contributed by atoms with Crippen molar-refractivity contribution in [2.45, 2.75) is 58.0 Å². The lowest BCUT2D eigenvalue weighted by molar-refractivity contribution is -0.121. The summed E-state index contributed by atoms with van der Waals surface area (Å²) in [6.07, 6.45) is 8.74. The number of ketones is 2. The molecular weight excluding hydrogens is 392 g/mol. The Morgan fingerprint density at radius 2 is 2.13 bits per heavy atom. The Bertz CT molecular complexity index is 1010. The minimum atomic E-state index is -0.186. The molecule has 0 aromatic carbocycles. The number of carbonyl (C=O) groups excluding carboxylic acids is 3. The first-order chi connectivity index (χ1) is 14.9. The van der Waals surface area contributed by atoms with Crippen LogP contribution >= 0.6 is 0 Å². The van der Waals surface area contributed by atoms with Crippen molar-refractivity contribution in [1.82, 2.24) is 10.3 Å². The van der Waals surface area contributed by atoms with Crippen LogP contribution in [0.2, 0.25) is 0 Å². The Morgan fingerprint density at radius 1 is 1.29 bits per heavy atom. The number of hydrogen-bond acceptors (Lipinski definition) is 5. The van der Waals surface area contributed by atoms with Gasteiger partial charge >= 0.3 is 0 Å². The van der Waals surface area contributed by atoms with Crippen LogP contribution in [0.3, 0.4) is 0 Å². The quantitative estimate of drug-likeness (QED) is 0.811. The molecule has 6 heteroatoms. The van der Waals surface area contributed by atoms with E-state index in [9.17, 15) is 14.4 Å². The zero-order valence-electron chi connectivity index (χ0n) is 18.0. The van der Waals surface area contributed by atoms with Crippen molar-refractivity contribution < 1.29 is 19.1 Å². The summed E-state index contributed by atoms with van der Waals surface area (Å²) in [7, 11) is 0. The van der Waals surface area contributed by atoms with E-state index >= 15 is 0 Å². The van der Waals surface area contributed by atoms with Gasteiger partial charge in [0.25, 0.3) is 0 Å². The van der Waals surface area contributed by atoms with Gasteiger partial charge in [-0.2, -0.15) is 0 Å². The predicted molar refractivity (Wildman–Crippen MR) is 114 cm³/mol. The van der Waals surface area contributed by atoms with Crippen LogP contribution in [0.5, 0.6) is 0 Å². The summed E-state index contributed by atoms with van der Waals surface area (Å²) in [6.45, 7) is 4.18. The zero-order valence-corrected chi connectivity index (χ0v) is 18.0. The van der Waals surface area contributed by atoms with E-state index in [0.29, 0.717) is 31.4 Å². The molecule has 0 radical (unpaired) electrons. The fourth-order valence-electron chi connectivity index (χ4n) is 6.19. The second kappa shape index (κ2) is 7.43. The van der Waals surface area contributed by atoms with E-state index in [4.69, 9.17) is 4.74 Å². The van der Waals surface area contributed by atoms with Gasteiger partial charge in [0.2, 0.25) is 5.91 Å². The summed E-state index contributed by atoms with van der Waals surface area (Å²) in [5, 5.41) is 2.83. The molecule has 0 bridgehead atoms. The third kappa shape index (κ3) is 3.33. The predicted octanol–water partition coefficient (Wildman–Crippen LogP) is 3.25. The first-order valence-corrected chi connectivity index (χ1v) is 11.2. The van der Waals surface area contributed by atoms with Crippen molar-refractivity contribution in [3.8, 4) is 0 Å². The molecule has 1 aromatic rings. The van der Waals surface area contributed by atoms with Gasteiger partial charge in [-0.15, -0.1) is 0 Å². The Balaban J connectivity index is 1.42. The van der Waals surface area contributed by atoms with Crippen molar-refractivity contribution in [3.63, 3.8) is 0 Å². The van der Waals surface area contributed by atoms with Gasteiger partial charge in [-0.3, -0.25) is 19.4 Å². The first-order valence-electron chi connectivity index (χ1n) is 11.2. The molecule has 0 saturated heterocycles. The highest BCUT2D eigenvalue weighted by Crippen LogP contribution is 2.60. The number of nitrogens with one attached hydrogen (secondary N) is 1. The number of amides is 1. The number of ether oxygens (including phenoxy) is 1. The molecular formula is C25H28N2O4. The fourth-order valence-corrected chi connectivity index (χ4v) is 6.19. The number of nitrogens with zero attached hydrogens (tertiary/aromatic N) is 1. The largest absolute Gasteiger partial charge is 0.489 e. The van der Waals surface area contributed by atoms with E-state index in [-0.39, 0.29) is 46.7 Å². The molecule has 1 N–H and O–H groups in total. The minimum Gasteiger partial charge on any atom is -0.489 e. The van der Waals surface area contributed by atoms with E-state index in [1.807, 2.05) is 24.4 Å². The molecule has 2 saturated carbocycles. The van der Waals surface area contributed by atoms with Crippen LogP contribution < -0.4 is 5.32 Å². The van der Waals surface area contributed by atoms with Crippen molar-refractivity contribution in [1.29, 1.82) is 0 Å². The molecule has 1 unspecified atom stereocenters. The number of carbonyl (C=O) groups is 3. The average Bonchev–Trinajstić information content (AvgIpc) is 3.02. The summed E-state index contributed by atoms with van der Waals surface area (Å²) < 4.78 is 6.52. The molecule has 1 aromatic heterocycles. The van der Waals surface area contributed by atoms with E-state index in [2.05, 4.69) is 17.2 Å². The van der Waals surface area contributed by atoms with Gasteiger partial charge in [0.15, 0.2) is 5.78 Å². The van der Waals surface area contributed by atoms with Crippen LogP contribution in [0.1, 0.15) is 57.4 Å². The topological polar surface area (TPSA) is 85.4 Å². The summed E-state index contributed by atoms with van der Waals surface area (Å²) in [4.78, 5) is 41.5. The first kappa shape index (κ1) is 20.2. The van der Waals surface area contributed by atoms with Crippen molar-refractivity contribution in [2.24, 2.45) is 17.3 Å². The van der Waals surface area contributed by atoms with Crippen molar-refractivity contribution in [3.05, 3.63) is 53.1 Å². The SMILES string of the molecule is CC(=O)NCC1CC(=O)C2=C(C1)O[C@@H]1C(=C2)CC[C@]2(C)[C@@H](c3cccnc3)C(=O)C[C@@H]12. The van der Waals surface area contributed by atoms with E-state index in [1.165, 1.54) is 6.92 Å². The number of rotatable bonds is 3. The maximum absolute atomic E-state index is 13.1. The maximum Gasteiger partial charge on any atom is 0.216 e. The second-order valence-electron chi connectivity index (χ2n) is 9.73. The number of Topliss-reactive ketones (excluding diaryl/α,β-unsaturated/α-hetero) is 2. The zero-order chi connectivity index (χ0) is 21.8. The van der Waals surface area contributed by atoms with Crippen LogP contribution in [-0.4, -0.2) is 35.1 Å². The third-order valence-electron chi connectivity index (χ3n) is 7.74. The highest BCUT2D eigenvalue weighted by atomic mass is 16.5. The molecule has 1 amide bonds. The van der Waals surface area contributed by atoms with Crippen LogP contribution in [0.25, 0.3) is 0 Å². The standard InChI is InChI=1S/C25H28N2O4/c1-14(28)27-12-15-8-20(29)18-10-16-5-6-25(2)19(24(16)31-22(18)9-15)11-21(30)23(25)17-4-3-7-26-13-17/h3-4,7,10,13,15,19,23-24H,5-6,8-9,11-12H2,1-2H3,(H,27,28)/t15?,19-,23-,24+,25-/m0/s1. The van der Waals surface area contributed by atoms with E-state index in [0.717, 1.165) is 29.7 Å². The Hall–Kier alpha value is -2.76. The Morgan fingerprint density at radius 3 is 2.87 bits per heavy atom. The lowest BCUT2D eigenvalue weighted by atomic mass is 9.61.